The molecule has 0 bridgehead atoms. The van der Waals surface area contributed by atoms with Gasteiger partial charge in [-0.05, 0) is 0 Å². The maximum Gasteiger partial charge on any atom is 0.303 e. The molecule has 0 aliphatic heterocycles. The van der Waals surface area contributed by atoms with E-state index in [1.165, 1.54) is 0 Å². The van der Waals surface area contributed by atoms with Crippen molar-refractivity contribution in [3.05, 3.63) is 0 Å². The van der Waals surface area contributed by atoms with E-state index in [1.54, 1.807) is 13.8 Å². The first kappa shape index (κ1) is 17.1. The van der Waals surface area contributed by atoms with Gasteiger partial charge in [0.15, 0.2) is 0 Å². The second kappa shape index (κ2) is 16.5. The molecule has 12 heavy (non-hydrogen) atoms. The maximum atomic E-state index is 9.37. The number of carbonyl (C=O) groups is 2. The summed E-state index contributed by atoms with van der Waals surface area (Å²) in [4.78, 5) is 18.7. The van der Waals surface area contributed by atoms with Crippen LogP contribution in [0.5, 0.6) is 0 Å². The van der Waals surface area contributed by atoms with Crippen LogP contribution in [0.3, 0.4) is 0 Å². The topological polar surface area (TPSA) is 94.8 Å². The highest BCUT2D eigenvalue weighted by Crippen LogP contribution is 1.67. The van der Waals surface area contributed by atoms with E-state index in [9.17, 15) is 9.59 Å². The summed E-state index contributed by atoms with van der Waals surface area (Å²) in [5.74, 6) is -1.49. The first-order valence-electron chi connectivity index (χ1n) is 3.42. The Morgan fingerprint density at radius 1 is 0.917 bits per heavy atom. The highest BCUT2D eigenvalue weighted by Gasteiger charge is 1.81. The lowest BCUT2D eigenvalue weighted by atomic mass is 10.5. The fraction of sp³-hybridized carbons (Fsp3) is 0.714. The van der Waals surface area contributed by atoms with Crippen LogP contribution in [0, 0.1) is 0 Å². The standard InChI is InChI=1S/2C3H6O2.CH4O/c2*1-2-3(4)5;1-2/h2*2H2,1H3,(H,4,5);2H,1H3. The van der Waals surface area contributed by atoms with E-state index < -0.39 is 11.9 Å². The van der Waals surface area contributed by atoms with Crippen molar-refractivity contribution in [1.29, 1.82) is 0 Å². The van der Waals surface area contributed by atoms with Gasteiger partial charge in [-0.15, -0.1) is 0 Å². The number of carboxylic acids is 2. The zero-order valence-corrected chi connectivity index (χ0v) is 7.57. The highest BCUT2D eigenvalue weighted by molar-refractivity contribution is 5.66. The fourth-order valence-corrected chi connectivity index (χ4v) is 0. The molecule has 0 aliphatic carbocycles. The number of hydrogen-bond donors (Lipinski definition) is 3. The van der Waals surface area contributed by atoms with Crippen LogP contribution in [0.4, 0.5) is 0 Å². The minimum Gasteiger partial charge on any atom is -0.481 e. The number of carboxylic acid groups (broad SMARTS) is 2. The van der Waals surface area contributed by atoms with Gasteiger partial charge in [-0.1, -0.05) is 13.8 Å². The molecule has 0 aliphatic rings. The second-order valence-electron chi connectivity index (χ2n) is 1.49. The lowest BCUT2D eigenvalue weighted by Gasteiger charge is -1.71. The Morgan fingerprint density at radius 3 is 1.00 bits per heavy atom. The van der Waals surface area contributed by atoms with Crippen molar-refractivity contribution in [3.8, 4) is 0 Å². The van der Waals surface area contributed by atoms with E-state index in [2.05, 4.69) is 0 Å². The van der Waals surface area contributed by atoms with Crippen LogP contribution in [0.15, 0.2) is 0 Å². The van der Waals surface area contributed by atoms with E-state index in [-0.39, 0.29) is 12.8 Å². The molecule has 0 aromatic carbocycles. The molecule has 0 saturated heterocycles. The van der Waals surface area contributed by atoms with Crippen molar-refractivity contribution in [1.82, 2.24) is 0 Å². The molecule has 0 aromatic rings. The Hall–Kier alpha value is -1.10. The Balaban J connectivity index is -0.000000112. The second-order valence-corrected chi connectivity index (χ2v) is 1.49. The monoisotopic (exact) mass is 180 g/mol. The lowest BCUT2D eigenvalue weighted by Crippen LogP contribution is -1.86. The van der Waals surface area contributed by atoms with E-state index in [0.29, 0.717) is 0 Å². The first-order valence-corrected chi connectivity index (χ1v) is 3.42. The zero-order chi connectivity index (χ0) is 10.6. The average Bonchev–Trinajstić information content (AvgIpc) is 2.09. The Labute approximate surface area is 71.6 Å². The van der Waals surface area contributed by atoms with E-state index in [0.717, 1.165) is 7.11 Å². The Bertz CT molecular complexity index is 96.4. The van der Waals surface area contributed by atoms with Gasteiger partial charge in [0.1, 0.15) is 0 Å². The predicted molar refractivity (Wildman–Crippen MR) is 44.0 cm³/mol. The number of aliphatic carboxylic acids is 2. The molecule has 0 saturated carbocycles. The summed E-state index contributed by atoms with van der Waals surface area (Å²) >= 11 is 0. The van der Waals surface area contributed by atoms with Gasteiger partial charge < -0.3 is 15.3 Å². The third kappa shape index (κ3) is 66.0. The van der Waals surface area contributed by atoms with Crippen molar-refractivity contribution >= 4 is 11.9 Å². The van der Waals surface area contributed by atoms with Gasteiger partial charge in [0.05, 0.1) is 0 Å². The average molecular weight is 180 g/mol. The van der Waals surface area contributed by atoms with Crippen LogP contribution in [0.25, 0.3) is 0 Å². The van der Waals surface area contributed by atoms with Crippen molar-refractivity contribution in [2.45, 2.75) is 26.7 Å². The van der Waals surface area contributed by atoms with Gasteiger partial charge in [0, 0.05) is 20.0 Å². The van der Waals surface area contributed by atoms with Crippen LogP contribution >= 0.6 is 0 Å². The third-order valence-electron chi connectivity index (χ3n) is 0.605. The molecule has 0 heterocycles. The normalized spacial score (nSPS) is 6.67. The van der Waals surface area contributed by atoms with Gasteiger partial charge in [-0.25, -0.2) is 0 Å². The largest absolute Gasteiger partial charge is 0.481 e. The van der Waals surface area contributed by atoms with Gasteiger partial charge in [-0.2, -0.15) is 0 Å². The number of aliphatic hydroxyl groups is 1. The van der Waals surface area contributed by atoms with Crippen LogP contribution in [0.1, 0.15) is 26.7 Å². The Morgan fingerprint density at radius 2 is 1.00 bits per heavy atom. The molecule has 5 heteroatoms. The van der Waals surface area contributed by atoms with Crippen LogP contribution in [-0.2, 0) is 9.59 Å². The van der Waals surface area contributed by atoms with Crippen molar-refractivity contribution in [2.75, 3.05) is 7.11 Å². The molecule has 0 atom stereocenters. The summed E-state index contributed by atoms with van der Waals surface area (Å²) in [5.41, 5.74) is 0. The van der Waals surface area contributed by atoms with Crippen molar-refractivity contribution in [3.63, 3.8) is 0 Å². The molecular formula is C7H16O5. The number of hydrogen-bond acceptors (Lipinski definition) is 3. The molecule has 0 radical (unpaired) electrons. The van der Waals surface area contributed by atoms with E-state index >= 15 is 0 Å². The SMILES string of the molecule is CCC(=O)O.CCC(=O)O.CO. The van der Waals surface area contributed by atoms with Crippen molar-refractivity contribution < 1.29 is 24.9 Å². The van der Waals surface area contributed by atoms with Crippen LogP contribution in [0.2, 0.25) is 0 Å². The summed E-state index contributed by atoms with van der Waals surface area (Å²) in [6.07, 6.45) is 0.444. The molecule has 0 unspecified atom stereocenters. The zero-order valence-electron chi connectivity index (χ0n) is 7.57. The van der Waals surface area contributed by atoms with Crippen LogP contribution < -0.4 is 0 Å². The molecular weight excluding hydrogens is 164 g/mol. The molecule has 74 valence electrons. The summed E-state index contributed by atoms with van der Waals surface area (Å²) in [6.45, 7) is 3.20. The molecule has 0 spiro atoms. The smallest absolute Gasteiger partial charge is 0.303 e. The molecule has 0 rings (SSSR count). The van der Waals surface area contributed by atoms with E-state index in [1.807, 2.05) is 0 Å². The minimum atomic E-state index is -0.745. The summed E-state index contributed by atoms with van der Waals surface area (Å²) < 4.78 is 0. The molecule has 5 nitrogen and oxygen atoms in total. The first-order chi connectivity index (χ1) is 5.54. The summed E-state index contributed by atoms with van der Waals surface area (Å²) in [7, 11) is 1.00. The number of aliphatic hydroxyl groups excluding tert-OH is 1. The highest BCUT2D eigenvalue weighted by atomic mass is 16.4. The summed E-state index contributed by atoms with van der Waals surface area (Å²) in [5, 5.41) is 22.4. The van der Waals surface area contributed by atoms with Crippen LogP contribution in [-0.4, -0.2) is 34.4 Å². The third-order valence-corrected chi connectivity index (χ3v) is 0.605. The summed E-state index contributed by atoms with van der Waals surface area (Å²) in [6, 6.07) is 0. The fourth-order valence-electron chi connectivity index (χ4n) is 0. The van der Waals surface area contributed by atoms with E-state index in [4.69, 9.17) is 15.3 Å². The predicted octanol–water partition coefficient (Wildman–Crippen LogP) is 0.571. The quantitative estimate of drug-likeness (QED) is 0.577. The van der Waals surface area contributed by atoms with Gasteiger partial charge in [-0.3, -0.25) is 9.59 Å². The molecule has 3 N–H and O–H groups in total. The van der Waals surface area contributed by atoms with Gasteiger partial charge in [0.25, 0.3) is 0 Å². The van der Waals surface area contributed by atoms with Gasteiger partial charge >= 0.3 is 11.9 Å². The van der Waals surface area contributed by atoms with Gasteiger partial charge in [0.2, 0.25) is 0 Å². The Kier molecular flexibility index (Phi) is 23.5. The number of rotatable bonds is 2. The molecule has 0 amide bonds. The molecule has 0 fully saturated rings. The molecule has 0 aromatic heterocycles. The minimum absolute atomic E-state index is 0.222. The maximum absolute atomic E-state index is 9.37. The lowest BCUT2D eigenvalue weighted by molar-refractivity contribution is -0.137. The van der Waals surface area contributed by atoms with Crippen molar-refractivity contribution in [2.24, 2.45) is 0 Å².